The summed E-state index contributed by atoms with van der Waals surface area (Å²) in [5, 5.41) is 0. The van der Waals surface area contributed by atoms with Crippen LogP contribution in [-0.2, 0) is 15.1 Å². The second-order valence-corrected chi connectivity index (χ2v) is 5.17. The molecule has 20 heavy (non-hydrogen) atoms. The van der Waals surface area contributed by atoms with E-state index in [9.17, 15) is 9.18 Å². The van der Waals surface area contributed by atoms with Gasteiger partial charge in [-0.25, -0.2) is 4.39 Å². The van der Waals surface area contributed by atoms with E-state index in [4.69, 9.17) is 4.74 Å². The Bertz CT molecular complexity index is 730. The summed E-state index contributed by atoms with van der Waals surface area (Å²) in [4.78, 5) is 14.1. The smallest absolute Gasteiger partial charge is 0.266 e. The molecule has 100 valence electrons. The summed E-state index contributed by atoms with van der Waals surface area (Å²) in [5.41, 5.74) is 1.46. The van der Waals surface area contributed by atoms with Gasteiger partial charge in [-0.2, -0.15) is 0 Å². The van der Waals surface area contributed by atoms with E-state index in [1.807, 2.05) is 24.3 Å². The number of para-hydroxylation sites is 1. The minimum Gasteiger partial charge on any atom is -0.345 e. The van der Waals surface area contributed by atoms with Gasteiger partial charge in [0.25, 0.3) is 5.91 Å². The lowest BCUT2D eigenvalue weighted by molar-refractivity contribution is -0.122. The van der Waals surface area contributed by atoms with E-state index in [0.29, 0.717) is 5.56 Å². The minimum absolute atomic E-state index is 0.0899. The van der Waals surface area contributed by atoms with Gasteiger partial charge in [-0.15, -0.1) is 0 Å². The monoisotopic (exact) mass is 269 g/mol. The Kier molecular flexibility index (Phi) is 2.13. The highest BCUT2D eigenvalue weighted by atomic mass is 19.1. The van der Waals surface area contributed by atoms with Crippen LogP contribution in [-0.4, -0.2) is 13.0 Å². The number of epoxide rings is 1. The molecule has 1 spiro atoms. The fourth-order valence-electron chi connectivity index (χ4n) is 3.05. The molecule has 2 aliphatic heterocycles. The Morgan fingerprint density at radius 1 is 1.20 bits per heavy atom. The van der Waals surface area contributed by atoms with E-state index in [-0.39, 0.29) is 11.7 Å². The molecule has 1 amide bonds. The van der Waals surface area contributed by atoms with Crippen LogP contribution in [0.4, 0.5) is 10.1 Å². The molecule has 1 saturated heterocycles. The predicted molar refractivity (Wildman–Crippen MR) is 71.8 cm³/mol. The Morgan fingerprint density at radius 2 is 2.00 bits per heavy atom. The summed E-state index contributed by atoms with van der Waals surface area (Å²) in [6.07, 6.45) is -0.406. The number of carbonyl (C=O) groups is 1. The maximum atomic E-state index is 13.3. The number of anilines is 1. The Hall–Kier alpha value is -2.20. The van der Waals surface area contributed by atoms with Gasteiger partial charge in [0.15, 0.2) is 0 Å². The summed E-state index contributed by atoms with van der Waals surface area (Å²) < 4.78 is 19.1. The maximum absolute atomic E-state index is 13.3. The largest absolute Gasteiger partial charge is 0.345 e. The molecular formula is C16H12FNO2. The average molecular weight is 269 g/mol. The third-order valence-electron chi connectivity index (χ3n) is 4.06. The topological polar surface area (TPSA) is 32.8 Å². The van der Waals surface area contributed by atoms with E-state index in [1.165, 1.54) is 12.1 Å². The van der Waals surface area contributed by atoms with Crippen molar-refractivity contribution < 1.29 is 13.9 Å². The van der Waals surface area contributed by atoms with E-state index in [1.54, 1.807) is 24.1 Å². The number of benzene rings is 2. The zero-order valence-corrected chi connectivity index (χ0v) is 10.8. The number of hydrogen-bond acceptors (Lipinski definition) is 2. The molecule has 2 aliphatic rings. The number of nitrogens with zero attached hydrogens (tertiary/aromatic N) is 1. The highest BCUT2D eigenvalue weighted by Gasteiger charge is 2.69. The molecule has 0 aromatic heterocycles. The first kappa shape index (κ1) is 11.6. The van der Waals surface area contributed by atoms with Gasteiger partial charge in [0, 0.05) is 12.6 Å². The van der Waals surface area contributed by atoms with Gasteiger partial charge in [0.1, 0.15) is 11.9 Å². The number of halogens is 1. The predicted octanol–water partition coefficient (Wildman–Crippen LogP) is 2.77. The molecule has 0 saturated carbocycles. The molecule has 2 heterocycles. The highest BCUT2D eigenvalue weighted by molar-refractivity contribution is 6.09. The molecule has 2 unspecified atom stereocenters. The summed E-state index contributed by atoms with van der Waals surface area (Å²) in [6, 6.07) is 13.8. The molecule has 2 aromatic rings. The van der Waals surface area contributed by atoms with Crippen LogP contribution in [0.2, 0.25) is 0 Å². The van der Waals surface area contributed by atoms with Gasteiger partial charge in [-0.1, -0.05) is 30.3 Å². The van der Waals surface area contributed by atoms with Crippen molar-refractivity contribution in [3.8, 4) is 0 Å². The first-order valence-electron chi connectivity index (χ1n) is 6.45. The van der Waals surface area contributed by atoms with Crippen molar-refractivity contribution in [3.63, 3.8) is 0 Å². The quantitative estimate of drug-likeness (QED) is 0.746. The van der Waals surface area contributed by atoms with E-state index >= 15 is 0 Å². The average Bonchev–Trinajstić information content (AvgIpc) is 3.18. The second kappa shape index (κ2) is 3.67. The Morgan fingerprint density at radius 3 is 2.80 bits per heavy atom. The van der Waals surface area contributed by atoms with Crippen LogP contribution in [0.1, 0.15) is 17.2 Å². The fraction of sp³-hybridized carbons (Fsp3) is 0.188. The van der Waals surface area contributed by atoms with Gasteiger partial charge < -0.3 is 9.64 Å². The summed E-state index contributed by atoms with van der Waals surface area (Å²) in [5.74, 6) is -0.409. The number of ether oxygens (including phenoxy) is 1. The lowest BCUT2D eigenvalue weighted by atomic mass is 9.93. The third-order valence-corrected chi connectivity index (χ3v) is 4.06. The van der Waals surface area contributed by atoms with Gasteiger partial charge in [-0.05, 0) is 23.8 Å². The van der Waals surface area contributed by atoms with Crippen molar-refractivity contribution in [1.82, 2.24) is 0 Å². The molecule has 1 fully saturated rings. The maximum Gasteiger partial charge on any atom is 0.266 e. The van der Waals surface area contributed by atoms with Crippen LogP contribution in [0, 0.1) is 5.82 Å². The normalized spacial score (nSPS) is 27.0. The minimum atomic E-state index is -0.959. The van der Waals surface area contributed by atoms with Crippen LogP contribution in [0.25, 0.3) is 0 Å². The van der Waals surface area contributed by atoms with Crippen molar-refractivity contribution >= 4 is 11.6 Å². The van der Waals surface area contributed by atoms with Crippen molar-refractivity contribution in [2.24, 2.45) is 0 Å². The first-order valence-corrected chi connectivity index (χ1v) is 6.45. The van der Waals surface area contributed by atoms with Crippen molar-refractivity contribution in [1.29, 1.82) is 0 Å². The summed E-state index contributed by atoms with van der Waals surface area (Å²) >= 11 is 0. The van der Waals surface area contributed by atoms with Gasteiger partial charge in [-0.3, -0.25) is 4.79 Å². The van der Waals surface area contributed by atoms with Crippen LogP contribution in [0.3, 0.4) is 0 Å². The number of amides is 1. The zero-order valence-electron chi connectivity index (χ0n) is 10.8. The molecule has 0 aliphatic carbocycles. The third kappa shape index (κ3) is 1.29. The van der Waals surface area contributed by atoms with E-state index < -0.39 is 11.7 Å². The summed E-state index contributed by atoms with van der Waals surface area (Å²) in [7, 11) is 1.74. The van der Waals surface area contributed by atoms with Crippen molar-refractivity contribution in [3.05, 3.63) is 65.5 Å². The molecule has 0 bridgehead atoms. The Labute approximate surface area is 115 Å². The first-order chi connectivity index (χ1) is 9.64. The number of hydrogen-bond donors (Lipinski definition) is 0. The van der Waals surface area contributed by atoms with Gasteiger partial charge in [0.2, 0.25) is 5.60 Å². The molecule has 0 N–H and O–H groups in total. The highest BCUT2D eigenvalue weighted by Crippen LogP contribution is 2.63. The molecule has 0 radical (unpaired) electrons. The number of carbonyl (C=O) groups excluding carboxylic acids is 1. The van der Waals surface area contributed by atoms with E-state index in [0.717, 1.165) is 11.3 Å². The van der Waals surface area contributed by atoms with Crippen LogP contribution in [0.15, 0.2) is 48.5 Å². The second-order valence-electron chi connectivity index (χ2n) is 5.17. The SMILES string of the molecule is CN1C(=O)C2(OC2c2cccc(F)c2)c2ccccc21. The molecule has 4 heteroatoms. The molecule has 3 nitrogen and oxygen atoms in total. The standard InChI is InChI=1S/C16H12FNO2/c1-18-13-8-3-2-7-12(13)16(15(18)19)14(20-16)10-5-4-6-11(17)9-10/h2-9,14H,1H3. The van der Waals surface area contributed by atoms with Crippen LogP contribution in [0.5, 0.6) is 0 Å². The zero-order chi connectivity index (χ0) is 13.9. The number of likely N-dealkylation sites (N-methyl/N-ethyl adjacent to an activating group) is 1. The summed E-state index contributed by atoms with van der Waals surface area (Å²) in [6.45, 7) is 0. The van der Waals surface area contributed by atoms with E-state index in [2.05, 4.69) is 0 Å². The lowest BCUT2D eigenvalue weighted by Crippen LogP contribution is -2.29. The molecule has 2 atom stereocenters. The van der Waals surface area contributed by atoms with Gasteiger partial charge in [0.05, 0.1) is 5.69 Å². The lowest BCUT2D eigenvalue weighted by Gasteiger charge is -2.08. The number of fused-ring (bicyclic) bond motifs is 2. The van der Waals surface area contributed by atoms with Gasteiger partial charge >= 0.3 is 0 Å². The number of rotatable bonds is 1. The Balaban J connectivity index is 1.83. The van der Waals surface area contributed by atoms with Crippen LogP contribution >= 0.6 is 0 Å². The van der Waals surface area contributed by atoms with Crippen molar-refractivity contribution in [2.45, 2.75) is 11.7 Å². The van der Waals surface area contributed by atoms with Crippen molar-refractivity contribution in [2.75, 3.05) is 11.9 Å². The molecule has 4 rings (SSSR count). The fourth-order valence-corrected chi connectivity index (χ4v) is 3.05. The molecule has 2 aromatic carbocycles. The molecular weight excluding hydrogens is 257 g/mol. The van der Waals surface area contributed by atoms with Crippen LogP contribution < -0.4 is 4.90 Å².